The normalized spacial score (nSPS) is 20.2. The highest BCUT2D eigenvalue weighted by atomic mass is 32.2. The van der Waals surface area contributed by atoms with Gasteiger partial charge in [-0.25, -0.2) is 8.42 Å². The van der Waals surface area contributed by atoms with E-state index in [1.54, 1.807) is 0 Å². The molecular weight excluding hydrogens is 244 g/mol. The molecule has 0 aromatic rings. The lowest BCUT2D eigenvalue weighted by molar-refractivity contribution is 0.333. The van der Waals surface area contributed by atoms with Gasteiger partial charge >= 0.3 is 0 Å². The molecule has 0 aromatic heterocycles. The summed E-state index contributed by atoms with van der Waals surface area (Å²) in [5.41, 5.74) is 0. The van der Waals surface area contributed by atoms with Crippen molar-refractivity contribution in [3.63, 3.8) is 0 Å². The highest BCUT2D eigenvalue weighted by Crippen LogP contribution is 2.40. The first kappa shape index (κ1) is 16.0. The van der Waals surface area contributed by atoms with Gasteiger partial charge in [0.15, 0.2) is 9.84 Å². The summed E-state index contributed by atoms with van der Waals surface area (Å²) in [5, 5.41) is 0. The molecule has 1 rings (SSSR count). The smallest absolute Gasteiger partial charge is 0.156 e. The fourth-order valence-electron chi connectivity index (χ4n) is 3.02. The zero-order valence-electron chi connectivity index (χ0n) is 12.4. The van der Waals surface area contributed by atoms with Gasteiger partial charge in [-0.05, 0) is 38.0 Å². The highest BCUT2D eigenvalue weighted by molar-refractivity contribution is 7.92. The summed E-state index contributed by atoms with van der Waals surface area (Å²) in [7, 11) is -2.90. The van der Waals surface area contributed by atoms with E-state index in [4.69, 9.17) is 0 Å². The van der Waals surface area contributed by atoms with Gasteiger partial charge in [0.25, 0.3) is 0 Å². The zero-order valence-corrected chi connectivity index (χ0v) is 13.2. The predicted molar refractivity (Wildman–Crippen MR) is 78.6 cm³/mol. The van der Waals surface area contributed by atoms with Crippen LogP contribution in [0.4, 0.5) is 0 Å². The Morgan fingerprint density at radius 3 is 2.22 bits per heavy atom. The lowest BCUT2D eigenvalue weighted by Gasteiger charge is -2.37. The van der Waals surface area contributed by atoms with Gasteiger partial charge in [-0.1, -0.05) is 46.5 Å². The third-order valence-corrected chi connectivity index (χ3v) is 7.13. The highest BCUT2D eigenvalue weighted by Gasteiger charge is 2.43. The van der Waals surface area contributed by atoms with Crippen LogP contribution in [0.5, 0.6) is 0 Å². The molecule has 0 spiro atoms. The molecule has 0 atom stereocenters. The van der Waals surface area contributed by atoms with E-state index in [9.17, 15) is 8.42 Å². The van der Waals surface area contributed by atoms with Crippen LogP contribution < -0.4 is 0 Å². The van der Waals surface area contributed by atoms with E-state index in [0.717, 1.165) is 51.4 Å². The first-order valence-electron chi connectivity index (χ1n) is 7.66. The van der Waals surface area contributed by atoms with E-state index in [0.29, 0.717) is 11.7 Å². The van der Waals surface area contributed by atoms with Crippen LogP contribution in [-0.2, 0) is 9.84 Å². The summed E-state index contributed by atoms with van der Waals surface area (Å²) in [5.74, 6) is 1.01. The molecule has 1 saturated carbocycles. The molecule has 108 valence electrons. The minimum Gasteiger partial charge on any atom is -0.228 e. The third kappa shape index (κ3) is 3.97. The molecule has 0 aliphatic heterocycles. The van der Waals surface area contributed by atoms with Crippen LogP contribution in [-0.4, -0.2) is 18.9 Å². The van der Waals surface area contributed by atoms with E-state index in [1.165, 1.54) is 6.42 Å². The van der Waals surface area contributed by atoms with E-state index in [1.807, 2.05) is 0 Å². The van der Waals surface area contributed by atoms with Crippen molar-refractivity contribution in [1.29, 1.82) is 0 Å². The maximum Gasteiger partial charge on any atom is 0.156 e. The number of hydrogen-bond acceptors (Lipinski definition) is 2. The van der Waals surface area contributed by atoms with Crippen molar-refractivity contribution in [3.05, 3.63) is 0 Å². The molecule has 18 heavy (non-hydrogen) atoms. The van der Waals surface area contributed by atoms with Crippen LogP contribution in [0.15, 0.2) is 0 Å². The molecule has 0 bridgehead atoms. The van der Waals surface area contributed by atoms with E-state index >= 15 is 0 Å². The van der Waals surface area contributed by atoms with Crippen LogP contribution in [0, 0.1) is 5.92 Å². The van der Waals surface area contributed by atoms with Crippen molar-refractivity contribution >= 4 is 9.84 Å². The number of hydrogen-bond donors (Lipinski definition) is 0. The summed E-state index contributed by atoms with van der Waals surface area (Å²) in [4.78, 5) is 0. The Hall–Kier alpha value is -0.0500. The van der Waals surface area contributed by atoms with Gasteiger partial charge in [-0.2, -0.15) is 0 Å². The average molecular weight is 274 g/mol. The molecular formula is C15H30O2S. The molecule has 0 aromatic carbocycles. The number of rotatable bonds is 7. The van der Waals surface area contributed by atoms with Crippen molar-refractivity contribution in [3.8, 4) is 0 Å². The van der Waals surface area contributed by atoms with E-state index in [-0.39, 0.29) is 4.75 Å². The van der Waals surface area contributed by atoms with E-state index < -0.39 is 9.84 Å². The maximum absolute atomic E-state index is 12.7. The second-order valence-corrected chi connectivity index (χ2v) is 8.85. The fraction of sp³-hybridized carbons (Fsp3) is 1.00. The zero-order chi connectivity index (χ0) is 13.6. The lowest BCUT2D eigenvalue weighted by atomic mass is 9.83. The SMILES string of the molecule is CCCCS(=O)(=O)C1(CCC(C)C)CCCCC1. The first-order valence-corrected chi connectivity index (χ1v) is 9.31. The minimum absolute atomic E-state index is 0.370. The summed E-state index contributed by atoms with van der Waals surface area (Å²) in [6.07, 6.45) is 8.96. The molecule has 2 nitrogen and oxygen atoms in total. The van der Waals surface area contributed by atoms with Crippen LogP contribution >= 0.6 is 0 Å². The molecule has 0 radical (unpaired) electrons. The van der Waals surface area contributed by atoms with Crippen LogP contribution in [0.2, 0.25) is 0 Å². The third-order valence-electron chi connectivity index (χ3n) is 4.37. The number of sulfone groups is 1. The summed E-state index contributed by atoms with van der Waals surface area (Å²) in [6.45, 7) is 6.45. The van der Waals surface area contributed by atoms with Gasteiger partial charge < -0.3 is 0 Å². The molecule has 0 amide bonds. The Balaban J connectivity index is 2.81. The minimum atomic E-state index is -2.90. The van der Waals surface area contributed by atoms with Gasteiger partial charge in [0, 0.05) is 0 Å². The largest absolute Gasteiger partial charge is 0.228 e. The van der Waals surface area contributed by atoms with E-state index in [2.05, 4.69) is 20.8 Å². The average Bonchev–Trinajstić information content (AvgIpc) is 2.35. The molecule has 1 aliphatic carbocycles. The van der Waals surface area contributed by atoms with Crippen molar-refractivity contribution in [1.82, 2.24) is 0 Å². The van der Waals surface area contributed by atoms with Crippen molar-refractivity contribution < 1.29 is 8.42 Å². The van der Waals surface area contributed by atoms with Gasteiger partial charge in [0.1, 0.15) is 0 Å². The monoisotopic (exact) mass is 274 g/mol. The first-order chi connectivity index (χ1) is 8.43. The summed E-state index contributed by atoms with van der Waals surface area (Å²) in [6, 6.07) is 0. The second kappa shape index (κ2) is 6.93. The Kier molecular flexibility index (Phi) is 6.16. The summed E-state index contributed by atoms with van der Waals surface area (Å²) >= 11 is 0. The van der Waals surface area contributed by atoms with Crippen LogP contribution in [0.1, 0.15) is 78.6 Å². The summed E-state index contributed by atoms with van der Waals surface area (Å²) < 4.78 is 25.0. The van der Waals surface area contributed by atoms with Crippen molar-refractivity contribution in [2.75, 3.05) is 5.75 Å². The lowest BCUT2D eigenvalue weighted by Crippen LogP contribution is -2.42. The topological polar surface area (TPSA) is 34.1 Å². The van der Waals surface area contributed by atoms with Crippen molar-refractivity contribution in [2.45, 2.75) is 83.3 Å². The Labute approximate surface area is 113 Å². The Bertz CT molecular complexity index is 324. The molecule has 3 heteroatoms. The Morgan fingerprint density at radius 1 is 1.11 bits per heavy atom. The molecule has 0 heterocycles. The van der Waals surface area contributed by atoms with Gasteiger partial charge in [0.05, 0.1) is 10.5 Å². The van der Waals surface area contributed by atoms with Gasteiger partial charge in [-0.15, -0.1) is 0 Å². The molecule has 1 fully saturated rings. The van der Waals surface area contributed by atoms with Gasteiger partial charge in [-0.3, -0.25) is 0 Å². The van der Waals surface area contributed by atoms with Crippen LogP contribution in [0.3, 0.4) is 0 Å². The predicted octanol–water partition coefficient (Wildman–Crippen LogP) is 4.34. The number of unbranched alkanes of at least 4 members (excludes halogenated alkanes) is 1. The molecule has 0 saturated heterocycles. The maximum atomic E-state index is 12.7. The molecule has 1 aliphatic rings. The van der Waals surface area contributed by atoms with Gasteiger partial charge in [0.2, 0.25) is 0 Å². The van der Waals surface area contributed by atoms with Crippen molar-refractivity contribution in [2.24, 2.45) is 5.92 Å². The molecule has 0 N–H and O–H groups in total. The standard InChI is InChI=1S/C15H30O2S/c1-4-5-13-18(16,17)15(12-9-14(2)3)10-7-6-8-11-15/h14H,4-13H2,1-3H3. The molecule has 0 unspecified atom stereocenters. The quantitative estimate of drug-likeness (QED) is 0.692. The fourth-order valence-corrected chi connectivity index (χ4v) is 5.46. The second-order valence-electron chi connectivity index (χ2n) is 6.35. The Morgan fingerprint density at radius 2 is 1.72 bits per heavy atom. The van der Waals surface area contributed by atoms with Crippen LogP contribution in [0.25, 0.3) is 0 Å².